The van der Waals surface area contributed by atoms with Crippen LogP contribution in [-0.2, 0) is 22.4 Å². The van der Waals surface area contributed by atoms with Gasteiger partial charge in [0.25, 0.3) is 0 Å². The molecule has 0 amide bonds. The molecular formula is H5BaLaLiOTa. The van der Waals surface area contributed by atoms with Crippen molar-refractivity contribution in [2.24, 2.45) is 0 Å². The first-order chi connectivity index (χ1) is 0. The zero-order valence-corrected chi connectivity index (χ0v) is 8.36. The van der Waals surface area contributed by atoms with Crippen LogP contribution in [0.4, 0.5) is 0 Å². The Labute approximate surface area is 127 Å². The maximum absolute atomic E-state index is 0. The summed E-state index contributed by atoms with van der Waals surface area (Å²) in [5.41, 5.74) is 0. The third kappa shape index (κ3) is 18.0. The van der Waals surface area contributed by atoms with Crippen molar-refractivity contribution in [1.82, 2.24) is 0 Å². The van der Waals surface area contributed by atoms with Crippen LogP contribution >= 0.6 is 0 Å². The van der Waals surface area contributed by atoms with Gasteiger partial charge in [0.05, 0.1) is 0 Å². The minimum atomic E-state index is 0. The molecule has 1 nitrogen and oxygen atoms in total. The molecule has 0 fully saturated rings. The molecule has 5 heteroatoms. The molecule has 2 radical (unpaired) electrons. The first-order valence-electron chi connectivity index (χ1n) is 0. The molecule has 0 saturated carbocycles. The summed E-state index contributed by atoms with van der Waals surface area (Å²) in [7, 11) is 0. The molecule has 0 bridgehead atoms. The van der Waals surface area contributed by atoms with E-state index >= 15 is 0 Å². The van der Waals surface area contributed by atoms with Crippen molar-refractivity contribution in [3.8, 4) is 0 Å². The van der Waals surface area contributed by atoms with Gasteiger partial charge in [-0.3, -0.25) is 0 Å². The second kappa shape index (κ2) is 24.4. The van der Waals surface area contributed by atoms with Gasteiger partial charge in [-0.15, -0.1) is 0 Å². The Morgan fingerprint density at radius 1 is 1.00 bits per heavy atom. The Hall–Kier alpha value is 4.06. The van der Waals surface area contributed by atoms with E-state index in [2.05, 4.69) is 0 Å². The van der Waals surface area contributed by atoms with Gasteiger partial charge in [-0.1, -0.05) is 0 Å². The van der Waals surface area contributed by atoms with Gasteiger partial charge in [-0.05, 0) is 0 Å². The SMILES string of the molecule is O.[BaH2].[La].[LiH].[Ta]. The monoisotopic (exact) mass is 486 g/mol. The largest absolute Gasteiger partial charge is 0 e. The quantitative estimate of drug-likeness (QED) is 0.344. The average Bonchev–Trinajstić information content (AvgIpc) is 0. The molecule has 2 N–H and O–H groups in total. The molecule has 0 heterocycles. The Kier molecular flexibility index (Phi) is 174. The molecule has 0 spiro atoms. The summed E-state index contributed by atoms with van der Waals surface area (Å²) in [4.78, 5) is 0. The van der Waals surface area contributed by atoms with Crippen LogP contribution in [0.25, 0.3) is 0 Å². The molecule has 0 aliphatic rings. The third-order valence-corrected chi connectivity index (χ3v) is 0. The maximum Gasteiger partial charge on any atom is 0 e. The Morgan fingerprint density at radius 2 is 1.00 bits per heavy atom. The number of hydrogen-bond acceptors (Lipinski definition) is 0. The Morgan fingerprint density at radius 3 is 1.00 bits per heavy atom. The molecule has 0 atom stereocenters. The van der Waals surface area contributed by atoms with Crippen molar-refractivity contribution in [3.63, 3.8) is 0 Å². The average molecular weight is 485 g/mol. The van der Waals surface area contributed by atoms with E-state index in [1.807, 2.05) is 0 Å². The molecule has 0 aliphatic heterocycles. The van der Waals surface area contributed by atoms with Gasteiger partial charge < -0.3 is 5.48 Å². The van der Waals surface area contributed by atoms with E-state index in [9.17, 15) is 0 Å². The van der Waals surface area contributed by atoms with Gasteiger partial charge >= 0.3 is 67.7 Å². The normalized spacial score (nSPS) is 0. The summed E-state index contributed by atoms with van der Waals surface area (Å²) < 4.78 is 0. The molecule has 0 aliphatic carbocycles. The molecule has 0 rings (SSSR count). The van der Waals surface area contributed by atoms with E-state index in [1.54, 1.807) is 0 Å². The van der Waals surface area contributed by atoms with Gasteiger partial charge in [0.2, 0.25) is 0 Å². The number of hydrogen-bond donors (Lipinski definition) is 0. The van der Waals surface area contributed by atoms with Crippen LogP contribution in [-0.4, -0.2) is 73.2 Å². The number of rotatable bonds is 0. The Bertz CT molecular complexity index is 11.6. The van der Waals surface area contributed by atoms with Crippen LogP contribution in [0, 0.1) is 35.6 Å². The van der Waals surface area contributed by atoms with Gasteiger partial charge in [-0.25, -0.2) is 0 Å². The summed E-state index contributed by atoms with van der Waals surface area (Å²) in [6.07, 6.45) is 0. The molecular weight excluding hydrogens is 480 g/mol. The van der Waals surface area contributed by atoms with Crippen molar-refractivity contribution in [1.29, 1.82) is 0 Å². The smallest absolute Gasteiger partial charge is 0 e. The minimum absolute atomic E-state index is 0. The predicted octanol–water partition coefficient (Wildman–Crippen LogP) is -2.39. The molecule has 0 aromatic carbocycles. The van der Waals surface area contributed by atoms with Crippen LogP contribution in [0.3, 0.4) is 0 Å². The van der Waals surface area contributed by atoms with E-state index in [-0.39, 0.29) is 131 Å². The molecule has 0 aromatic rings. The molecule has 0 unspecified atom stereocenters. The fraction of sp³-hybridized carbons (Fsp3) is 0. The van der Waals surface area contributed by atoms with Gasteiger partial charge in [0, 0.05) is 58.0 Å². The van der Waals surface area contributed by atoms with E-state index in [0.29, 0.717) is 0 Å². The first kappa shape index (κ1) is 35.7. The third-order valence-electron chi connectivity index (χ3n) is 0. The van der Waals surface area contributed by atoms with Crippen molar-refractivity contribution < 1.29 is 63.5 Å². The Balaban J connectivity index is 0. The van der Waals surface area contributed by atoms with Gasteiger partial charge in [0.15, 0.2) is 0 Å². The molecule has 0 saturated heterocycles. The van der Waals surface area contributed by atoms with Crippen LogP contribution in [0.15, 0.2) is 0 Å². The van der Waals surface area contributed by atoms with Crippen LogP contribution in [0.1, 0.15) is 0 Å². The summed E-state index contributed by atoms with van der Waals surface area (Å²) in [5, 5.41) is 0. The zero-order chi connectivity index (χ0) is 0. The van der Waals surface area contributed by atoms with E-state index in [1.165, 1.54) is 0 Å². The van der Waals surface area contributed by atoms with Crippen molar-refractivity contribution >= 4 is 67.7 Å². The topological polar surface area (TPSA) is 31.5 Å². The van der Waals surface area contributed by atoms with Crippen molar-refractivity contribution in [2.75, 3.05) is 0 Å². The zero-order valence-electron chi connectivity index (χ0n) is 1.52. The van der Waals surface area contributed by atoms with Crippen LogP contribution < -0.4 is 0 Å². The predicted molar refractivity (Wildman–Crippen MR) is 19.3 cm³/mol. The molecule has 5 heavy (non-hydrogen) atoms. The van der Waals surface area contributed by atoms with Crippen molar-refractivity contribution in [2.45, 2.75) is 0 Å². The fourth-order valence-corrected chi connectivity index (χ4v) is 0. The fourth-order valence-electron chi connectivity index (χ4n) is 0. The molecule has 0 aromatic heterocycles. The summed E-state index contributed by atoms with van der Waals surface area (Å²) in [6.45, 7) is 0. The maximum atomic E-state index is 0. The van der Waals surface area contributed by atoms with Crippen LogP contribution in [0.2, 0.25) is 0 Å². The standard InChI is InChI=1S/Ba.La.Li.H2O.Ta.3H/h;;;1H2;;;;. The summed E-state index contributed by atoms with van der Waals surface area (Å²) in [6, 6.07) is 0. The van der Waals surface area contributed by atoms with Gasteiger partial charge in [0.1, 0.15) is 0 Å². The summed E-state index contributed by atoms with van der Waals surface area (Å²) >= 11 is 0. The first-order valence-corrected chi connectivity index (χ1v) is 0. The van der Waals surface area contributed by atoms with E-state index < -0.39 is 0 Å². The summed E-state index contributed by atoms with van der Waals surface area (Å²) in [5.74, 6) is 0. The molecule has 22 valence electrons. The second-order valence-electron chi connectivity index (χ2n) is 0. The minimum Gasteiger partial charge on any atom is 0 e. The van der Waals surface area contributed by atoms with Gasteiger partial charge in [-0.2, -0.15) is 0 Å². The van der Waals surface area contributed by atoms with Crippen molar-refractivity contribution in [3.05, 3.63) is 0 Å². The van der Waals surface area contributed by atoms with Crippen LogP contribution in [0.5, 0.6) is 0 Å². The van der Waals surface area contributed by atoms with E-state index in [4.69, 9.17) is 0 Å². The second-order valence-corrected chi connectivity index (χ2v) is 0. The van der Waals surface area contributed by atoms with E-state index in [0.717, 1.165) is 0 Å².